The number of fused-ring (bicyclic) bond motifs is 2. The second kappa shape index (κ2) is 9.89. The highest BCUT2D eigenvalue weighted by Gasteiger charge is 2.10. The number of nitrogens with one attached hydrogen (secondary N) is 1. The van der Waals surface area contributed by atoms with Gasteiger partial charge in [-0.1, -0.05) is 94.8 Å². The number of halogens is 1. The molecule has 5 heteroatoms. The van der Waals surface area contributed by atoms with Crippen LogP contribution in [0, 0.1) is 0 Å². The lowest BCUT2D eigenvalue weighted by atomic mass is 10.0. The van der Waals surface area contributed by atoms with E-state index in [1.807, 2.05) is 66.7 Å². The summed E-state index contributed by atoms with van der Waals surface area (Å²) in [6, 6.07) is 33.7. The van der Waals surface area contributed by atoms with Crippen LogP contribution < -0.4 is 10.2 Å². The van der Waals surface area contributed by atoms with Gasteiger partial charge in [0.2, 0.25) is 0 Å². The fraction of sp³-hybridized carbons (Fsp3) is 0.0345. The average molecular weight is 509 g/mol. The van der Waals surface area contributed by atoms with E-state index >= 15 is 0 Å². The van der Waals surface area contributed by atoms with Crippen molar-refractivity contribution in [3.63, 3.8) is 0 Å². The van der Waals surface area contributed by atoms with Crippen molar-refractivity contribution >= 4 is 49.6 Å². The molecule has 0 aliphatic rings. The van der Waals surface area contributed by atoms with Crippen molar-refractivity contribution in [3.8, 4) is 5.75 Å². The van der Waals surface area contributed by atoms with Crippen LogP contribution in [0.25, 0.3) is 21.5 Å². The fourth-order valence-corrected chi connectivity index (χ4v) is 4.36. The second-order valence-corrected chi connectivity index (χ2v) is 8.75. The summed E-state index contributed by atoms with van der Waals surface area (Å²) in [5, 5.41) is 8.66. The Morgan fingerprint density at radius 1 is 0.824 bits per heavy atom. The predicted molar refractivity (Wildman–Crippen MR) is 141 cm³/mol. The highest BCUT2D eigenvalue weighted by molar-refractivity contribution is 9.10. The monoisotopic (exact) mass is 508 g/mol. The molecule has 166 valence electrons. The van der Waals surface area contributed by atoms with Gasteiger partial charge in [-0.15, -0.1) is 0 Å². The van der Waals surface area contributed by atoms with Crippen LogP contribution in [0.2, 0.25) is 0 Å². The van der Waals surface area contributed by atoms with Gasteiger partial charge in [-0.25, -0.2) is 5.43 Å². The number of hydrogen-bond donors (Lipinski definition) is 1. The van der Waals surface area contributed by atoms with Gasteiger partial charge in [0.1, 0.15) is 12.4 Å². The van der Waals surface area contributed by atoms with E-state index < -0.39 is 0 Å². The Hall–Kier alpha value is -3.96. The second-order valence-electron chi connectivity index (χ2n) is 7.83. The van der Waals surface area contributed by atoms with E-state index in [-0.39, 0.29) is 5.91 Å². The Kier molecular flexibility index (Phi) is 6.36. The maximum Gasteiger partial charge on any atom is 0.271 e. The van der Waals surface area contributed by atoms with Crippen LogP contribution in [-0.2, 0) is 6.61 Å². The molecular formula is C29H21BrN2O2. The summed E-state index contributed by atoms with van der Waals surface area (Å²) < 4.78 is 7.12. The molecule has 0 fully saturated rings. The quantitative estimate of drug-likeness (QED) is 0.196. The number of rotatable bonds is 6. The van der Waals surface area contributed by atoms with Crippen LogP contribution in [0.1, 0.15) is 21.5 Å². The predicted octanol–water partition coefficient (Wildman–Crippen LogP) is 7.10. The van der Waals surface area contributed by atoms with Gasteiger partial charge in [0, 0.05) is 15.6 Å². The van der Waals surface area contributed by atoms with E-state index in [1.54, 1.807) is 18.3 Å². The Morgan fingerprint density at radius 2 is 1.53 bits per heavy atom. The van der Waals surface area contributed by atoms with Crippen molar-refractivity contribution in [2.24, 2.45) is 5.10 Å². The SMILES string of the molecule is O=C(N/N=C\c1c(OCc2cccc3ccccc23)ccc2ccccc12)c1cccc(Br)c1. The van der Waals surface area contributed by atoms with Crippen LogP contribution in [-0.4, -0.2) is 12.1 Å². The molecule has 1 N–H and O–H groups in total. The molecule has 5 rings (SSSR count). The van der Waals surface area contributed by atoms with Crippen LogP contribution in [0.3, 0.4) is 0 Å². The molecule has 4 nitrogen and oxygen atoms in total. The number of hydrogen-bond acceptors (Lipinski definition) is 3. The third kappa shape index (κ3) is 4.70. The maximum atomic E-state index is 12.5. The molecule has 0 aliphatic heterocycles. The van der Waals surface area contributed by atoms with Gasteiger partial charge in [0.15, 0.2) is 0 Å². The highest BCUT2D eigenvalue weighted by atomic mass is 79.9. The lowest BCUT2D eigenvalue weighted by molar-refractivity contribution is 0.0955. The van der Waals surface area contributed by atoms with Gasteiger partial charge in [0.05, 0.1) is 6.21 Å². The summed E-state index contributed by atoms with van der Waals surface area (Å²) in [6.07, 6.45) is 1.65. The van der Waals surface area contributed by atoms with Gasteiger partial charge >= 0.3 is 0 Å². The third-order valence-corrected chi connectivity index (χ3v) is 6.13. The molecular weight excluding hydrogens is 488 g/mol. The zero-order chi connectivity index (χ0) is 23.3. The molecule has 0 atom stereocenters. The molecule has 5 aromatic rings. The van der Waals surface area contributed by atoms with Crippen molar-refractivity contribution in [1.82, 2.24) is 5.43 Å². The van der Waals surface area contributed by atoms with Crippen molar-refractivity contribution in [3.05, 3.63) is 124 Å². The summed E-state index contributed by atoms with van der Waals surface area (Å²) >= 11 is 3.39. The standard InChI is InChI=1S/C29H21BrN2O2/c30-24-12-6-10-22(17-24)29(33)32-31-18-27-26-14-4-2-8-21(26)15-16-28(27)34-19-23-11-5-9-20-7-1-3-13-25(20)23/h1-18H,19H2,(H,32,33)/b31-18-. The number of amides is 1. The van der Waals surface area contributed by atoms with E-state index in [1.165, 1.54) is 10.8 Å². The molecule has 0 bridgehead atoms. The highest BCUT2D eigenvalue weighted by Crippen LogP contribution is 2.28. The van der Waals surface area contributed by atoms with Crippen molar-refractivity contribution in [2.75, 3.05) is 0 Å². The van der Waals surface area contributed by atoms with E-state index in [0.29, 0.717) is 17.9 Å². The van der Waals surface area contributed by atoms with Crippen LogP contribution in [0.15, 0.2) is 113 Å². The van der Waals surface area contributed by atoms with Gasteiger partial charge in [-0.3, -0.25) is 4.79 Å². The first-order valence-corrected chi connectivity index (χ1v) is 11.7. The Bertz CT molecular complexity index is 1520. The minimum absolute atomic E-state index is 0.281. The molecule has 1 amide bonds. The van der Waals surface area contributed by atoms with E-state index in [2.05, 4.69) is 50.7 Å². The van der Waals surface area contributed by atoms with E-state index in [9.17, 15) is 4.79 Å². The van der Waals surface area contributed by atoms with Crippen LogP contribution in [0.5, 0.6) is 5.75 Å². The number of hydrazone groups is 1. The lowest BCUT2D eigenvalue weighted by Gasteiger charge is -2.13. The Balaban J connectivity index is 1.43. The Morgan fingerprint density at radius 3 is 2.35 bits per heavy atom. The summed E-state index contributed by atoms with van der Waals surface area (Å²) in [6.45, 7) is 0.422. The molecule has 0 heterocycles. The summed E-state index contributed by atoms with van der Waals surface area (Å²) in [5.74, 6) is 0.420. The number of benzene rings is 5. The number of nitrogens with zero attached hydrogens (tertiary/aromatic N) is 1. The van der Waals surface area contributed by atoms with Crippen LogP contribution in [0.4, 0.5) is 0 Å². The number of ether oxygens (including phenoxy) is 1. The molecule has 0 saturated carbocycles. The first-order valence-electron chi connectivity index (χ1n) is 10.9. The molecule has 0 radical (unpaired) electrons. The zero-order valence-electron chi connectivity index (χ0n) is 18.2. The average Bonchev–Trinajstić information content (AvgIpc) is 2.88. The topological polar surface area (TPSA) is 50.7 Å². The minimum Gasteiger partial charge on any atom is -0.488 e. The molecule has 5 aromatic carbocycles. The van der Waals surface area contributed by atoms with Gasteiger partial charge in [-0.05, 0) is 51.4 Å². The zero-order valence-corrected chi connectivity index (χ0v) is 19.8. The van der Waals surface area contributed by atoms with Crippen molar-refractivity contribution in [1.29, 1.82) is 0 Å². The Labute approximate surface area is 206 Å². The van der Waals surface area contributed by atoms with Gasteiger partial charge < -0.3 is 4.74 Å². The normalized spacial score (nSPS) is 11.2. The maximum absolute atomic E-state index is 12.5. The molecule has 0 unspecified atom stereocenters. The number of carbonyl (C=O) groups excluding carboxylic acids is 1. The summed E-state index contributed by atoms with van der Waals surface area (Å²) in [7, 11) is 0. The fourth-order valence-electron chi connectivity index (χ4n) is 3.96. The van der Waals surface area contributed by atoms with Gasteiger partial charge in [0.25, 0.3) is 5.91 Å². The molecule has 0 spiro atoms. The number of carbonyl (C=O) groups is 1. The third-order valence-electron chi connectivity index (χ3n) is 5.64. The molecule has 0 saturated heterocycles. The first kappa shape index (κ1) is 21.9. The van der Waals surface area contributed by atoms with Crippen molar-refractivity contribution in [2.45, 2.75) is 6.61 Å². The van der Waals surface area contributed by atoms with Gasteiger partial charge in [-0.2, -0.15) is 5.10 Å². The molecule has 0 aliphatic carbocycles. The largest absolute Gasteiger partial charge is 0.488 e. The molecule has 34 heavy (non-hydrogen) atoms. The van der Waals surface area contributed by atoms with E-state index in [4.69, 9.17) is 4.74 Å². The first-order chi connectivity index (χ1) is 16.7. The lowest BCUT2D eigenvalue weighted by Crippen LogP contribution is -2.17. The van der Waals surface area contributed by atoms with Crippen LogP contribution >= 0.6 is 15.9 Å². The summed E-state index contributed by atoms with van der Waals surface area (Å²) in [5.41, 5.74) is 5.06. The minimum atomic E-state index is -0.281. The molecule has 0 aromatic heterocycles. The van der Waals surface area contributed by atoms with Crippen molar-refractivity contribution < 1.29 is 9.53 Å². The summed E-state index contributed by atoms with van der Waals surface area (Å²) in [4.78, 5) is 12.5. The smallest absolute Gasteiger partial charge is 0.271 e. The van der Waals surface area contributed by atoms with E-state index in [0.717, 1.165) is 26.4 Å².